The number of carbonyl (C=O) groups is 2. The van der Waals surface area contributed by atoms with E-state index in [0.29, 0.717) is 16.8 Å². The molecule has 1 aromatic heterocycles. The van der Waals surface area contributed by atoms with Crippen LogP contribution in [0.15, 0.2) is 12.1 Å². The number of aromatic nitrogens is 2. The quantitative estimate of drug-likeness (QED) is 0.834. The first-order valence-electron chi connectivity index (χ1n) is 8.53. The summed E-state index contributed by atoms with van der Waals surface area (Å²) in [6.07, 6.45) is 2.02. The smallest absolute Gasteiger partial charge is 0.317 e. The SMILES string of the molecule is Cl.Cn1nc(N2CCC(=O)NC2=O)c2cc(F)c(C3CCNCC3)cc21. The highest BCUT2D eigenvalue weighted by molar-refractivity contribution is 6.08. The number of halogens is 2. The predicted molar refractivity (Wildman–Crippen MR) is 98.3 cm³/mol. The fourth-order valence-corrected chi connectivity index (χ4v) is 3.69. The number of carbonyl (C=O) groups excluding carboxylic acids is 2. The van der Waals surface area contributed by atoms with E-state index in [1.165, 1.54) is 11.0 Å². The second-order valence-corrected chi connectivity index (χ2v) is 6.62. The van der Waals surface area contributed by atoms with E-state index in [0.717, 1.165) is 31.4 Å². The Kier molecular flexibility index (Phi) is 5.15. The molecule has 4 rings (SSSR count). The van der Waals surface area contributed by atoms with Gasteiger partial charge in [0.05, 0.1) is 5.52 Å². The molecular weight excluding hydrogens is 361 g/mol. The van der Waals surface area contributed by atoms with Crippen molar-refractivity contribution in [1.29, 1.82) is 0 Å². The number of imide groups is 1. The average Bonchev–Trinajstić information content (AvgIpc) is 2.91. The molecule has 2 aliphatic heterocycles. The van der Waals surface area contributed by atoms with Gasteiger partial charge in [0.25, 0.3) is 0 Å². The van der Waals surface area contributed by atoms with Gasteiger partial charge < -0.3 is 5.32 Å². The number of benzene rings is 1. The van der Waals surface area contributed by atoms with E-state index in [9.17, 15) is 14.0 Å². The molecule has 2 aliphatic rings. The molecule has 9 heteroatoms. The number of piperidine rings is 1. The summed E-state index contributed by atoms with van der Waals surface area (Å²) in [6.45, 7) is 2.02. The Morgan fingerprint density at radius 2 is 1.96 bits per heavy atom. The fraction of sp³-hybridized carbons (Fsp3) is 0.471. The van der Waals surface area contributed by atoms with E-state index in [1.54, 1.807) is 11.7 Å². The number of nitrogens with one attached hydrogen (secondary N) is 2. The van der Waals surface area contributed by atoms with E-state index in [2.05, 4.69) is 15.7 Å². The maximum atomic E-state index is 14.8. The molecule has 2 N–H and O–H groups in total. The van der Waals surface area contributed by atoms with Crippen molar-refractivity contribution >= 4 is 41.1 Å². The zero-order valence-corrected chi connectivity index (χ0v) is 15.2. The highest BCUT2D eigenvalue weighted by atomic mass is 35.5. The van der Waals surface area contributed by atoms with Crippen molar-refractivity contribution < 1.29 is 14.0 Å². The second kappa shape index (κ2) is 7.20. The molecule has 2 saturated heterocycles. The minimum absolute atomic E-state index is 0. The van der Waals surface area contributed by atoms with Crippen LogP contribution in [-0.2, 0) is 11.8 Å². The third kappa shape index (κ3) is 3.14. The summed E-state index contributed by atoms with van der Waals surface area (Å²) >= 11 is 0. The molecule has 2 aromatic rings. The van der Waals surface area contributed by atoms with Crippen molar-refractivity contribution in [3.05, 3.63) is 23.5 Å². The summed E-state index contributed by atoms with van der Waals surface area (Å²) in [4.78, 5) is 24.8. The topological polar surface area (TPSA) is 79.3 Å². The summed E-state index contributed by atoms with van der Waals surface area (Å²) in [5.74, 6) is 0.0150. The number of nitrogens with zero attached hydrogens (tertiary/aromatic N) is 3. The largest absolute Gasteiger partial charge is 0.329 e. The molecule has 0 aliphatic carbocycles. The Balaban J connectivity index is 0.00000196. The van der Waals surface area contributed by atoms with Gasteiger partial charge in [-0.2, -0.15) is 5.10 Å². The summed E-state index contributed by atoms with van der Waals surface area (Å²) in [5, 5.41) is 10.6. The lowest BCUT2D eigenvalue weighted by Crippen LogP contribution is -2.49. The van der Waals surface area contributed by atoms with Crippen LogP contribution >= 0.6 is 12.4 Å². The highest BCUT2D eigenvalue weighted by Gasteiger charge is 2.29. The Bertz CT molecular complexity index is 862. The molecule has 0 radical (unpaired) electrons. The molecule has 0 saturated carbocycles. The third-order valence-electron chi connectivity index (χ3n) is 5.04. The van der Waals surface area contributed by atoms with Crippen LogP contribution in [0.25, 0.3) is 10.9 Å². The normalized spacial score (nSPS) is 18.8. The van der Waals surface area contributed by atoms with Crippen molar-refractivity contribution in [2.75, 3.05) is 24.5 Å². The Hall–Kier alpha value is -2.19. The third-order valence-corrected chi connectivity index (χ3v) is 5.04. The first-order chi connectivity index (χ1) is 12.0. The fourth-order valence-electron chi connectivity index (χ4n) is 3.69. The van der Waals surface area contributed by atoms with E-state index in [-0.39, 0.29) is 43.0 Å². The summed E-state index contributed by atoms with van der Waals surface area (Å²) in [6, 6.07) is 2.81. The minimum Gasteiger partial charge on any atom is -0.317 e. The van der Waals surface area contributed by atoms with Gasteiger partial charge in [-0.3, -0.25) is 19.7 Å². The van der Waals surface area contributed by atoms with Crippen LogP contribution in [0.5, 0.6) is 0 Å². The number of amides is 3. The van der Waals surface area contributed by atoms with Crippen molar-refractivity contribution in [3.8, 4) is 0 Å². The van der Waals surface area contributed by atoms with E-state index in [4.69, 9.17) is 0 Å². The van der Waals surface area contributed by atoms with Gasteiger partial charge in [0.2, 0.25) is 5.91 Å². The lowest BCUT2D eigenvalue weighted by atomic mass is 9.89. The zero-order chi connectivity index (χ0) is 17.6. The summed E-state index contributed by atoms with van der Waals surface area (Å²) < 4.78 is 16.5. The average molecular weight is 382 g/mol. The van der Waals surface area contributed by atoms with Crippen LogP contribution in [-0.4, -0.2) is 41.4 Å². The molecule has 7 nitrogen and oxygen atoms in total. The first-order valence-corrected chi connectivity index (χ1v) is 8.53. The van der Waals surface area contributed by atoms with Gasteiger partial charge in [-0.15, -0.1) is 12.4 Å². The molecule has 2 fully saturated rings. The van der Waals surface area contributed by atoms with E-state index in [1.807, 2.05) is 6.07 Å². The highest BCUT2D eigenvalue weighted by Crippen LogP contribution is 2.34. The predicted octanol–water partition coefficient (Wildman–Crippen LogP) is 2.05. The molecule has 3 heterocycles. The van der Waals surface area contributed by atoms with Crippen LogP contribution < -0.4 is 15.5 Å². The molecule has 1 aromatic carbocycles. The van der Waals surface area contributed by atoms with E-state index < -0.39 is 6.03 Å². The lowest BCUT2D eigenvalue weighted by molar-refractivity contribution is -0.120. The van der Waals surface area contributed by atoms with Gasteiger partial charge in [0.1, 0.15) is 5.82 Å². The zero-order valence-electron chi connectivity index (χ0n) is 14.4. The Morgan fingerprint density at radius 3 is 2.65 bits per heavy atom. The van der Waals surface area contributed by atoms with Crippen molar-refractivity contribution in [2.24, 2.45) is 7.05 Å². The molecule has 0 unspecified atom stereocenters. The number of anilines is 1. The molecule has 3 amide bonds. The maximum Gasteiger partial charge on any atom is 0.329 e. The van der Waals surface area contributed by atoms with Crippen molar-refractivity contribution in [1.82, 2.24) is 20.4 Å². The number of urea groups is 1. The Morgan fingerprint density at radius 1 is 1.23 bits per heavy atom. The molecule has 0 atom stereocenters. The van der Waals surface area contributed by atoms with Gasteiger partial charge in [0.15, 0.2) is 5.82 Å². The summed E-state index contributed by atoms with van der Waals surface area (Å²) in [7, 11) is 1.78. The minimum atomic E-state index is -0.515. The molecule has 26 heavy (non-hydrogen) atoms. The van der Waals surface area contributed by atoms with Crippen LogP contribution in [0.4, 0.5) is 15.0 Å². The molecular formula is C17H21ClFN5O2. The number of aryl methyl sites for hydroxylation is 1. The van der Waals surface area contributed by atoms with Crippen molar-refractivity contribution in [2.45, 2.75) is 25.2 Å². The van der Waals surface area contributed by atoms with Gasteiger partial charge in [-0.05, 0) is 49.5 Å². The number of fused-ring (bicyclic) bond motifs is 1. The van der Waals surface area contributed by atoms with Crippen LogP contribution in [0.1, 0.15) is 30.7 Å². The van der Waals surface area contributed by atoms with Gasteiger partial charge >= 0.3 is 6.03 Å². The van der Waals surface area contributed by atoms with Gasteiger partial charge in [0, 0.05) is 25.4 Å². The Labute approximate surface area is 156 Å². The van der Waals surface area contributed by atoms with Gasteiger partial charge in [-0.25, -0.2) is 9.18 Å². The van der Waals surface area contributed by atoms with Crippen LogP contribution in [0, 0.1) is 5.82 Å². The second-order valence-electron chi connectivity index (χ2n) is 6.62. The molecule has 140 valence electrons. The molecule has 0 bridgehead atoms. The molecule has 0 spiro atoms. The summed E-state index contributed by atoms with van der Waals surface area (Å²) in [5.41, 5.74) is 1.50. The maximum absolute atomic E-state index is 14.8. The standard InChI is InChI=1S/C17H20FN5O2.ClH/c1-22-14-9-11(10-2-5-19-6-3-10)13(18)8-12(14)16(21-22)23-7-4-15(24)20-17(23)25;/h8-10,19H,2-7H2,1H3,(H,20,24,25);1H. The van der Waals surface area contributed by atoms with Crippen LogP contribution in [0.2, 0.25) is 0 Å². The monoisotopic (exact) mass is 381 g/mol. The van der Waals surface area contributed by atoms with Crippen LogP contribution in [0.3, 0.4) is 0 Å². The number of hydrogen-bond acceptors (Lipinski definition) is 4. The number of rotatable bonds is 2. The lowest BCUT2D eigenvalue weighted by Gasteiger charge is -2.25. The van der Waals surface area contributed by atoms with E-state index >= 15 is 0 Å². The van der Waals surface area contributed by atoms with Crippen molar-refractivity contribution in [3.63, 3.8) is 0 Å². The number of hydrogen-bond donors (Lipinski definition) is 2. The van der Waals surface area contributed by atoms with Gasteiger partial charge in [-0.1, -0.05) is 0 Å². The first kappa shape index (κ1) is 18.6.